The second-order valence-electron chi connectivity index (χ2n) is 4.62. The van der Waals surface area contributed by atoms with Crippen LogP contribution in [-0.2, 0) is 0 Å². The Morgan fingerprint density at radius 3 is 2.60 bits per heavy atom. The number of hydrogen-bond donors (Lipinski definition) is 0. The van der Waals surface area contributed by atoms with Crippen LogP contribution in [0.2, 0.25) is 0 Å². The zero-order valence-electron chi connectivity index (χ0n) is 9.20. The van der Waals surface area contributed by atoms with Gasteiger partial charge in [-0.1, -0.05) is 26.2 Å². The van der Waals surface area contributed by atoms with E-state index in [4.69, 9.17) is 11.6 Å². The smallest absolute Gasteiger partial charge is 0.0404 e. The van der Waals surface area contributed by atoms with Crippen molar-refractivity contribution in [3.63, 3.8) is 0 Å². The van der Waals surface area contributed by atoms with Crippen molar-refractivity contribution >= 4 is 11.6 Å². The Bertz CT molecular complexity index is 295. The fourth-order valence-corrected chi connectivity index (χ4v) is 2.52. The SMILES string of the molecule is CC(c1ccncc1)C(Cl)CC1CCC1. The van der Waals surface area contributed by atoms with Crippen LogP contribution in [-0.4, -0.2) is 10.4 Å². The van der Waals surface area contributed by atoms with Crippen molar-refractivity contribution in [2.45, 2.75) is 43.9 Å². The lowest BCUT2D eigenvalue weighted by molar-refractivity contribution is 0.286. The van der Waals surface area contributed by atoms with Crippen LogP contribution in [0.15, 0.2) is 24.5 Å². The molecule has 0 N–H and O–H groups in total. The number of pyridine rings is 1. The average molecular weight is 224 g/mol. The van der Waals surface area contributed by atoms with E-state index in [2.05, 4.69) is 24.0 Å². The largest absolute Gasteiger partial charge is 0.265 e. The molecule has 1 nitrogen and oxygen atoms in total. The summed E-state index contributed by atoms with van der Waals surface area (Å²) < 4.78 is 0. The number of rotatable bonds is 4. The number of alkyl halides is 1. The van der Waals surface area contributed by atoms with Crippen LogP contribution in [0, 0.1) is 5.92 Å². The van der Waals surface area contributed by atoms with E-state index in [1.54, 1.807) is 0 Å². The Hall–Kier alpha value is -0.560. The first kappa shape index (κ1) is 10.9. The molecule has 2 atom stereocenters. The molecule has 0 amide bonds. The van der Waals surface area contributed by atoms with Crippen molar-refractivity contribution in [3.8, 4) is 0 Å². The fraction of sp³-hybridized carbons (Fsp3) is 0.615. The van der Waals surface area contributed by atoms with E-state index < -0.39 is 0 Å². The molecule has 0 aliphatic heterocycles. The monoisotopic (exact) mass is 223 g/mol. The maximum Gasteiger partial charge on any atom is 0.0404 e. The van der Waals surface area contributed by atoms with Gasteiger partial charge in [-0.05, 0) is 36.0 Å². The lowest BCUT2D eigenvalue weighted by Crippen LogP contribution is -2.19. The third kappa shape index (κ3) is 2.72. The lowest BCUT2D eigenvalue weighted by atomic mass is 9.79. The van der Waals surface area contributed by atoms with Gasteiger partial charge in [0.2, 0.25) is 0 Å². The molecule has 0 radical (unpaired) electrons. The summed E-state index contributed by atoms with van der Waals surface area (Å²) in [6.45, 7) is 2.21. The zero-order chi connectivity index (χ0) is 10.7. The second kappa shape index (κ2) is 4.98. The Kier molecular flexibility index (Phi) is 3.63. The van der Waals surface area contributed by atoms with Gasteiger partial charge in [0, 0.05) is 17.8 Å². The summed E-state index contributed by atoms with van der Waals surface area (Å²) in [6.07, 6.45) is 9.03. The quantitative estimate of drug-likeness (QED) is 0.704. The van der Waals surface area contributed by atoms with Crippen molar-refractivity contribution in [2.75, 3.05) is 0 Å². The summed E-state index contributed by atoms with van der Waals surface area (Å²) in [5.41, 5.74) is 1.31. The first-order valence-electron chi connectivity index (χ1n) is 5.81. The minimum Gasteiger partial charge on any atom is -0.265 e. The van der Waals surface area contributed by atoms with Crippen molar-refractivity contribution in [2.24, 2.45) is 5.92 Å². The average Bonchev–Trinajstić information content (AvgIpc) is 2.23. The molecule has 1 saturated carbocycles. The van der Waals surface area contributed by atoms with E-state index in [1.165, 1.54) is 31.2 Å². The van der Waals surface area contributed by atoms with Gasteiger partial charge in [0.05, 0.1) is 0 Å². The Balaban J connectivity index is 1.91. The fourth-order valence-electron chi connectivity index (χ4n) is 2.13. The highest BCUT2D eigenvalue weighted by Crippen LogP contribution is 2.36. The summed E-state index contributed by atoms with van der Waals surface area (Å²) in [7, 11) is 0. The highest BCUT2D eigenvalue weighted by Gasteiger charge is 2.24. The van der Waals surface area contributed by atoms with Crippen LogP contribution >= 0.6 is 11.6 Å². The third-order valence-corrected chi connectivity index (χ3v) is 4.11. The molecular formula is C13H18ClN. The van der Waals surface area contributed by atoms with E-state index in [-0.39, 0.29) is 5.38 Å². The van der Waals surface area contributed by atoms with E-state index in [9.17, 15) is 0 Å². The third-order valence-electron chi connectivity index (χ3n) is 3.56. The van der Waals surface area contributed by atoms with Crippen LogP contribution in [0.3, 0.4) is 0 Å². The summed E-state index contributed by atoms with van der Waals surface area (Å²) in [6, 6.07) is 4.14. The van der Waals surface area contributed by atoms with Gasteiger partial charge in [0.25, 0.3) is 0 Å². The molecule has 0 saturated heterocycles. The van der Waals surface area contributed by atoms with Crippen LogP contribution in [0.1, 0.15) is 44.1 Å². The highest BCUT2D eigenvalue weighted by atomic mass is 35.5. The van der Waals surface area contributed by atoms with Gasteiger partial charge in [-0.3, -0.25) is 4.98 Å². The van der Waals surface area contributed by atoms with Gasteiger partial charge in [-0.2, -0.15) is 0 Å². The minimum atomic E-state index is 0.276. The lowest BCUT2D eigenvalue weighted by Gasteiger charge is -2.29. The molecular weight excluding hydrogens is 206 g/mol. The molecule has 1 aliphatic rings. The molecule has 1 fully saturated rings. The first-order valence-corrected chi connectivity index (χ1v) is 6.25. The number of halogens is 1. The number of hydrogen-bond acceptors (Lipinski definition) is 1. The van der Waals surface area contributed by atoms with Gasteiger partial charge in [-0.25, -0.2) is 0 Å². The van der Waals surface area contributed by atoms with Crippen molar-refractivity contribution < 1.29 is 0 Å². The predicted molar refractivity (Wildman–Crippen MR) is 64.3 cm³/mol. The Labute approximate surface area is 96.9 Å². The summed E-state index contributed by atoms with van der Waals surface area (Å²) in [5, 5.41) is 0.276. The first-order chi connectivity index (χ1) is 7.27. The standard InChI is InChI=1S/C13H18ClN/c1-10(12-5-7-15-8-6-12)13(14)9-11-3-2-4-11/h5-8,10-11,13H,2-4,9H2,1H3. The van der Waals surface area contributed by atoms with Crippen molar-refractivity contribution in [1.82, 2.24) is 4.98 Å². The molecule has 82 valence electrons. The molecule has 1 aromatic heterocycles. The van der Waals surface area contributed by atoms with Crippen molar-refractivity contribution in [1.29, 1.82) is 0 Å². The molecule has 0 aromatic carbocycles. The molecule has 1 heterocycles. The molecule has 0 bridgehead atoms. The zero-order valence-corrected chi connectivity index (χ0v) is 9.95. The molecule has 1 aliphatic carbocycles. The van der Waals surface area contributed by atoms with Crippen LogP contribution < -0.4 is 0 Å². The highest BCUT2D eigenvalue weighted by molar-refractivity contribution is 6.21. The van der Waals surface area contributed by atoms with Gasteiger partial charge in [0.15, 0.2) is 0 Å². The maximum absolute atomic E-state index is 6.45. The molecule has 15 heavy (non-hydrogen) atoms. The van der Waals surface area contributed by atoms with E-state index >= 15 is 0 Å². The van der Waals surface area contributed by atoms with Gasteiger partial charge in [0.1, 0.15) is 0 Å². The van der Waals surface area contributed by atoms with Gasteiger partial charge < -0.3 is 0 Å². The topological polar surface area (TPSA) is 12.9 Å². The van der Waals surface area contributed by atoms with Crippen LogP contribution in [0.4, 0.5) is 0 Å². The normalized spacial score (nSPS) is 20.7. The van der Waals surface area contributed by atoms with E-state index in [0.717, 1.165) is 5.92 Å². The molecule has 2 rings (SSSR count). The van der Waals surface area contributed by atoms with Crippen LogP contribution in [0.5, 0.6) is 0 Å². The molecule has 2 unspecified atom stereocenters. The summed E-state index contributed by atoms with van der Waals surface area (Å²) >= 11 is 6.45. The van der Waals surface area contributed by atoms with E-state index in [1.807, 2.05) is 12.4 Å². The maximum atomic E-state index is 6.45. The molecule has 1 aromatic rings. The minimum absolute atomic E-state index is 0.276. The molecule has 2 heteroatoms. The Morgan fingerprint density at radius 2 is 2.07 bits per heavy atom. The van der Waals surface area contributed by atoms with Crippen LogP contribution in [0.25, 0.3) is 0 Å². The summed E-state index contributed by atoms with van der Waals surface area (Å²) in [5.74, 6) is 1.33. The van der Waals surface area contributed by atoms with Gasteiger partial charge >= 0.3 is 0 Å². The number of nitrogens with zero attached hydrogens (tertiary/aromatic N) is 1. The van der Waals surface area contributed by atoms with E-state index in [0.29, 0.717) is 5.92 Å². The number of aromatic nitrogens is 1. The Morgan fingerprint density at radius 1 is 1.40 bits per heavy atom. The molecule has 0 spiro atoms. The van der Waals surface area contributed by atoms with Gasteiger partial charge in [-0.15, -0.1) is 11.6 Å². The van der Waals surface area contributed by atoms with Crippen molar-refractivity contribution in [3.05, 3.63) is 30.1 Å². The summed E-state index contributed by atoms with van der Waals surface area (Å²) in [4.78, 5) is 4.03. The second-order valence-corrected chi connectivity index (χ2v) is 5.18. The predicted octanol–water partition coefficient (Wildman–Crippen LogP) is 3.98.